The molecule has 1 aliphatic heterocycles. The van der Waals surface area contributed by atoms with Crippen LogP contribution in [0.5, 0.6) is 0 Å². The van der Waals surface area contributed by atoms with E-state index < -0.39 is 5.91 Å². The maximum Gasteiger partial charge on any atom is 0.287 e. The molecule has 5 N–H and O–H groups in total. The number of nitrogens with zero attached hydrogens (tertiary/aromatic N) is 4. The van der Waals surface area contributed by atoms with E-state index in [1.54, 1.807) is 10.9 Å². The minimum absolute atomic E-state index is 0.227. The van der Waals surface area contributed by atoms with Gasteiger partial charge < -0.3 is 5.73 Å². The van der Waals surface area contributed by atoms with Crippen LogP contribution in [0.15, 0.2) is 6.20 Å². The Hall–Kier alpha value is -1.51. The van der Waals surface area contributed by atoms with Gasteiger partial charge in [0, 0.05) is 19.1 Å². The zero-order chi connectivity index (χ0) is 12.3. The molecule has 0 radical (unpaired) electrons. The van der Waals surface area contributed by atoms with Crippen LogP contribution in [0, 0.1) is 0 Å². The number of nitrogens with one attached hydrogen (secondary N) is 1. The standard InChI is InChI=1S/C9H17N7O/c10-7-1-2-15(5-7)3-4-16-6-8(13-14-16)9(17)12-11/h6-7H,1-5,10-11H2,(H,12,17). The molecule has 1 unspecified atom stereocenters. The fourth-order valence-corrected chi connectivity index (χ4v) is 1.90. The number of likely N-dealkylation sites (tertiary alicyclic amines) is 1. The summed E-state index contributed by atoms with van der Waals surface area (Å²) in [6.45, 7) is 3.50. The van der Waals surface area contributed by atoms with Gasteiger partial charge in [-0.25, -0.2) is 5.84 Å². The van der Waals surface area contributed by atoms with E-state index in [9.17, 15) is 4.79 Å². The normalized spacial score (nSPS) is 20.7. The molecule has 1 saturated heterocycles. The summed E-state index contributed by atoms with van der Waals surface area (Å²) in [4.78, 5) is 13.4. The van der Waals surface area contributed by atoms with Gasteiger partial charge in [0.25, 0.3) is 5.91 Å². The number of nitrogen functional groups attached to an aromatic ring is 1. The van der Waals surface area contributed by atoms with Gasteiger partial charge in [-0.05, 0) is 13.0 Å². The molecule has 0 aliphatic carbocycles. The summed E-state index contributed by atoms with van der Waals surface area (Å²) >= 11 is 0. The number of carbonyl (C=O) groups excluding carboxylic acids is 1. The van der Waals surface area contributed by atoms with Crippen LogP contribution >= 0.6 is 0 Å². The molecule has 0 saturated carbocycles. The van der Waals surface area contributed by atoms with E-state index in [1.165, 1.54) is 0 Å². The van der Waals surface area contributed by atoms with Crippen molar-refractivity contribution in [3.63, 3.8) is 0 Å². The quantitative estimate of drug-likeness (QED) is 0.315. The lowest BCUT2D eigenvalue weighted by Crippen LogP contribution is -2.30. The highest BCUT2D eigenvalue weighted by Crippen LogP contribution is 2.06. The van der Waals surface area contributed by atoms with Gasteiger partial charge in [-0.15, -0.1) is 5.10 Å². The fraction of sp³-hybridized carbons (Fsp3) is 0.667. The maximum absolute atomic E-state index is 11.2. The van der Waals surface area contributed by atoms with E-state index in [0.717, 1.165) is 26.1 Å². The smallest absolute Gasteiger partial charge is 0.287 e. The molecule has 8 nitrogen and oxygen atoms in total. The molecule has 1 aromatic rings. The Balaban J connectivity index is 1.83. The largest absolute Gasteiger partial charge is 0.326 e. The lowest BCUT2D eigenvalue weighted by molar-refractivity contribution is 0.0948. The molecule has 1 aliphatic rings. The van der Waals surface area contributed by atoms with Crippen molar-refractivity contribution < 1.29 is 4.79 Å². The topological polar surface area (TPSA) is 115 Å². The number of carbonyl (C=O) groups is 1. The van der Waals surface area contributed by atoms with E-state index in [2.05, 4.69) is 15.2 Å². The third-order valence-electron chi connectivity index (χ3n) is 2.86. The van der Waals surface area contributed by atoms with Crippen LogP contribution in [0.1, 0.15) is 16.9 Å². The molecule has 1 fully saturated rings. The van der Waals surface area contributed by atoms with Crippen LogP contribution < -0.4 is 17.0 Å². The molecular formula is C9H17N7O. The van der Waals surface area contributed by atoms with Crippen LogP contribution in [0.4, 0.5) is 0 Å². The summed E-state index contributed by atoms with van der Waals surface area (Å²) in [6, 6.07) is 0.282. The first-order valence-electron chi connectivity index (χ1n) is 5.58. The van der Waals surface area contributed by atoms with Gasteiger partial charge in [0.2, 0.25) is 0 Å². The molecule has 2 rings (SSSR count). The van der Waals surface area contributed by atoms with Crippen LogP contribution in [0.2, 0.25) is 0 Å². The molecule has 8 heteroatoms. The molecule has 1 aromatic heterocycles. The Bertz CT molecular complexity index is 390. The summed E-state index contributed by atoms with van der Waals surface area (Å²) in [5.74, 6) is 4.57. The maximum atomic E-state index is 11.2. The van der Waals surface area contributed by atoms with Gasteiger partial charge in [0.1, 0.15) is 0 Å². The van der Waals surface area contributed by atoms with Crippen molar-refractivity contribution in [1.29, 1.82) is 0 Å². The number of hydrogen-bond acceptors (Lipinski definition) is 6. The first kappa shape index (κ1) is 12.0. The molecule has 0 aromatic carbocycles. The SMILES string of the molecule is NNC(=O)c1cn(CCN2CCC(N)C2)nn1. The van der Waals surface area contributed by atoms with Crippen molar-refractivity contribution in [2.45, 2.75) is 19.0 Å². The molecule has 0 bridgehead atoms. The van der Waals surface area contributed by atoms with Crippen LogP contribution in [0.25, 0.3) is 0 Å². The van der Waals surface area contributed by atoms with Crippen molar-refractivity contribution in [2.24, 2.45) is 11.6 Å². The number of amides is 1. The third-order valence-corrected chi connectivity index (χ3v) is 2.86. The van der Waals surface area contributed by atoms with Gasteiger partial charge >= 0.3 is 0 Å². The van der Waals surface area contributed by atoms with Gasteiger partial charge in [0.15, 0.2) is 5.69 Å². The minimum Gasteiger partial charge on any atom is -0.326 e. The second-order valence-corrected chi connectivity index (χ2v) is 4.19. The summed E-state index contributed by atoms with van der Waals surface area (Å²) in [5, 5.41) is 7.58. The molecule has 1 amide bonds. The average molecular weight is 239 g/mol. The first-order chi connectivity index (χ1) is 8.19. The zero-order valence-electron chi connectivity index (χ0n) is 9.54. The highest BCUT2D eigenvalue weighted by atomic mass is 16.2. The van der Waals surface area contributed by atoms with Gasteiger partial charge in [0.05, 0.1) is 12.7 Å². The predicted molar refractivity (Wildman–Crippen MR) is 60.7 cm³/mol. The van der Waals surface area contributed by atoms with Gasteiger partial charge in [-0.2, -0.15) is 0 Å². The van der Waals surface area contributed by atoms with E-state index in [1.807, 2.05) is 5.43 Å². The number of hydrazine groups is 1. The summed E-state index contributed by atoms with van der Waals surface area (Å²) in [5.41, 5.74) is 8.06. The molecule has 94 valence electrons. The van der Waals surface area contributed by atoms with E-state index in [-0.39, 0.29) is 11.7 Å². The Morgan fingerprint density at radius 3 is 3.06 bits per heavy atom. The summed E-state index contributed by atoms with van der Waals surface area (Å²) in [6.07, 6.45) is 2.62. The lowest BCUT2D eigenvalue weighted by Gasteiger charge is -2.14. The first-order valence-corrected chi connectivity index (χ1v) is 5.58. The Labute approximate surface area is 98.9 Å². The number of aromatic nitrogens is 3. The number of rotatable bonds is 4. The van der Waals surface area contributed by atoms with Crippen molar-refractivity contribution in [2.75, 3.05) is 19.6 Å². The highest BCUT2D eigenvalue weighted by Gasteiger charge is 2.18. The predicted octanol–water partition coefficient (Wildman–Crippen LogP) is -2.09. The van der Waals surface area contributed by atoms with Crippen molar-refractivity contribution in [1.82, 2.24) is 25.3 Å². The van der Waals surface area contributed by atoms with Crippen molar-refractivity contribution in [3.8, 4) is 0 Å². The Morgan fingerprint density at radius 2 is 2.41 bits per heavy atom. The van der Waals surface area contributed by atoms with Gasteiger partial charge in [-0.1, -0.05) is 5.21 Å². The monoisotopic (exact) mass is 239 g/mol. The van der Waals surface area contributed by atoms with Crippen molar-refractivity contribution in [3.05, 3.63) is 11.9 Å². The molecule has 17 heavy (non-hydrogen) atoms. The number of nitrogens with two attached hydrogens (primary N) is 2. The van der Waals surface area contributed by atoms with E-state index in [0.29, 0.717) is 6.54 Å². The molecular weight excluding hydrogens is 222 g/mol. The lowest BCUT2D eigenvalue weighted by atomic mass is 10.3. The Kier molecular flexibility index (Phi) is 3.67. The minimum atomic E-state index is -0.431. The highest BCUT2D eigenvalue weighted by molar-refractivity contribution is 5.91. The average Bonchev–Trinajstić information content (AvgIpc) is 2.94. The third kappa shape index (κ3) is 2.99. The van der Waals surface area contributed by atoms with Crippen molar-refractivity contribution >= 4 is 5.91 Å². The number of hydrogen-bond donors (Lipinski definition) is 3. The fourth-order valence-electron chi connectivity index (χ4n) is 1.90. The van der Waals surface area contributed by atoms with Gasteiger partial charge in [-0.3, -0.25) is 19.8 Å². The van der Waals surface area contributed by atoms with Crippen LogP contribution in [0.3, 0.4) is 0 Å². The summed E-state index contributed by atoms with van der Waals surface area (Å²) < 4.78 is 1.63. The van der Waals surface area contributed by atoms with Crippen LogP contribution in [-0.2, 0) is 6.54 Å². The molecule has 0 spiro atoms. The van der Waals surface area contributed by atoms with E-state index in [4.69, 9.17) is 11.6 Å². The second kappa shape index (κ2) is 5.21. The summed E-state index contributed by atoms with van der Waals surface area (Å²) in [7, 11) is 0. The van der Waals surface area contributed by atoms with Crippen LogP contribution in [-0.4, -0.2) is 51.5 Å². The molecule has 2 heterocycles. The Morgan fingerprint density at radius 1 is 1.59 bits per heavy atom. The second-order valence-electron chi connectivity index (χ2n) is 4.19. The zero-order valence-corrected chi connectivity index (χ0v) is 9.54. The van der Waals surface area contributed by atoms with E-state index >= 15 is 0 Å². The molecule has 1 atom stereocenters.